The monoisotopic (exact) mass is 324 g/mol. The molecular weight excluding hydrogens is 296 g/mol. The van der Waals surface area contributed by atoms with Crippen LogP contribution in [-0.2, 0) is 13.2 Å². The van der Waals surface area contributed by atoms with Crippen LogP contribution in [0, 0.1) is 0 Å². The van der Waals surface area contributed by atoms with Crippen molar-refractivity contribution in [3.8, 4) is 5.75 Å². The van der Waals surface area contributed by atoms with Gasteiger partial charge in [-0.25, -0.2) is 0 Å². The maximum atomic E-state index is 5.86. The molecule has 0 spiro atoms. The largest absolute Gasteiger partial charge is 0.489 e. The van der Waals surface area contributed by atoms with Crippen LogP contribution in [0.15, 0.2) is 54.6 Å². The van der Waals surface area contributed by atoms with E-state index in [4.69, 9.17) is 4.74 Å². The summed E-state index contributed by atoms with van der Waals surface area (Å²) in [5.41, 5.74) is 2.55. The molecule has 0 aromatic heterocycles. The van der Waals surface area contributed by atoms with Gasteiger partial charge in [-0.05, 0) is 63.3 Å². The molecule has 1 aliphatic heterocycles. The standard InChI is InChI=1S/C21H28N2O/c1-22-14-12-20(13-15-22)23(2)16-18-8-10-21(11-9-18)24-17-19-6-4-3-5-7-19/h3-11,20H,12-17H2,1-2H3. The van der Waals surface area contributed by atoms with Gasteiger partial charge in [0.1, 0.15) is 12.4 Å². The topological polar surface area (TPSA) is 15.7 Å². The average molecular weight is 324 g/mol. The first-order valence-corrected chi connectivity index (χ1v) is 8.85. The number of benzene rings is 2. The second-order valence-electron chi connectivity index (χ2n) is 6.87. The summed E-state index contributed by atoms with van der Waals surface area (Å²) in [4.78, 5) is 4.91. The Balaban J connectivity index is 1.49. The van der Waals surface area contributed by atoms with Crippen molar-refractivity contribution in [2.75, 3.05) is 27.2 Å². The average Bonchev–Trinajstić information content (AvgIpc) is 2.62. The van der Waals surface area contributed by atoms with Gasteiger partial charge in [0.15, 0.2) is 0 Å². The molecule has 0 aliphatic carbocycles. The van der Waals surface area contributed by atoms with Gasteiger partial charge in [0.2, 0.25) is 0 Å². The molecular formula is C21H28N2O. The van der Waals surface area contributed by atoms with E-state index in [1.807, 2.05) is 18.2 Å². The van der Waals surface area contributed by atoms with Crippen molar-refractivity contribution in [1.29, 1.82) is 0 Å². The Morgan fingerprint density at radius 3 is 2.29 bits per heavy atom. The molecule has 0 N–H and O–H groups in total. The molecule has 0 bridgehead atoms. The van der Waals surface area contributed by atoms with Crippen LogP contribution in [0.4, 0.5) is 0 Å². The summed E-state index contributed by atoms with van der Waals surface area (Å²) in [6.45, 7) is 4.05. The van der Waals surface area contributed by atoms with E-state index in [2.05, 4.69) is 60.3 Å². The predicted octanol–water partition coefficient (Wildman–Crippen LogP) is 3.79. The van der Waals surface area contributed by atoms with Gasteiger partial charge in [-0.3, -0.25) is 4.90 Å². The van der Waals surface area contributed by atoms with Crippen LogP contribution < -0.4 is 4.74 Å². The van der Waals surface area contributed by atoms with Gasteiger partial charge in [0.05, 0.1) is 0 Å². The lowest BCUT2D eigenvalue weighted by Crippen LogP contribution is -2.41. The molecule has 3 rings (SSSR count). The van der Waals surface area contributed by atoms with E-state index in [-0.39, 0.29) is 0 Å². The molecule has 1 saturated heterocycles. The highest BCUT2D eigenvalue weighted by Crippen LogP contribution is 2.19. The third kappa shape index (κ3) is 4.83. The third-order valence-electron chi connectivity index (χ3n) is 4.92. The number of hydrogen-bond donors (Lipinski definition) is 0. The van der Waals surface area contributed by atoms with Crippen LogP contribution in [0.3, 0.4) is 0 Å². The molecule has 1 aliphatic rings. The van der Waals surface area contributed by atoms with Crippen molar-refractivity contribution in [3.63, 3.8) is 0 Å². The minimum absolute atomic E-state index is 0.621. The molecule has 2 aromatic rings. The van der Waals surface area contributed by atoms with Crippen LogP contribution in [0.25, 0.3) is 0 Å². The van der Waals surface area contributed by atoms with Crippen molar-refractivity contribution < 1.29 is 4.74 Å². The molecule has 128 valence electrons. The van der Waals surface area contributed by atoms with Crippen LogP contribution in [0.2, 0.25) is 0 Å². The maximum absolute atomic E-state index is 5.86. The van der Waals surface area contributed by atoms with E-state index in [0.29, 0.717) is 12.6 Å². The SMILES string of the molecule is CN1CCC(N(C)Cc2ccc(OCc3ccccc3)cc2)CC1. The summed E-state index contributed by atoms with van der Waals surface area (Å²) in [7, 11) is 4.46. The van der Waals surface area contributed by atoms with E-state index in [1.165, 1.54) is 37.1 Å². The van der Waals surface area contributed by atoms with Crippen molar-refractivity contribution in [1.82, 2.24) is 9.80 Å². The molecule has 0 unspecified atom stereocenters. The summed E-state index contributed by atoms with van der Waals surface area (Å²) >= 11 is 0. The third-order valence-corrected chi connectivity index (χ3v) is 4.92. The van der Waals surface area contributed by atoms with Crippen LogP contribution in [0.5, 0.6) is 5.75 Å². The Bertz CT molecular complexity index is 603. The number of hydrogen-bond acceptors (Lipinski definition) is 3. The Morgan fingerprint density at radius 1 is 0.958 bits per heavy atom. The number of nitrogens with zero attached hydrogens (tertiary/aromatic N) is 2. The van der Waals surface area contributed by atoms with Gasteiger partial charge in [0, 0.05) is 12.6 Å². The minimum Gasteiger partial charge on any atom is -0.489 e. The van der Waals surface area contributed by atoms with Gasteiger partial charge >= 0.3 is 0 Å². The molecule has 1 heterocycles. The molecule has 24 heavy (non-hydrogen) atoms. The fourth-order valence-electron chi connectivity index (χ4n) is 3.28. The molecule has 3 heteroatoms. The highest BCUT2D eigenvalue weighted by molar-refractivity contribution is 5.27. The van der Waals surface area contributed by atoms with Crippen LogP contribution in [-0.4, -0.2) is 43.0 Å². The van der Waals surface area contributed by atoms with Gasteiger partial charge in [-0.15, -0.1) is 0 Å². The predicted molar refractivity (Wildman–Crippen MR) is 99.2 cm³/mol. The van der Waals surface area contributed by atoms with E-state index in [0.717, 1.165) is 12.3 Å². The number of piperidine rings is 1. The minimum atomic E-state index is 0.621. The van der Waals surface area contributed by atoms with Crippen molar-refractivity contribution >= 4 is 0 Å². The van der Waals surface area contributed by atoms with Gasteiger partial charge < -0.3 is 9.64 Å². The van der Waals surface area contributed by atoms with Gasteiger partial charge in [-0.2, -0.15) is 0 Å². The number of ether oxygens (including phenoxy) is 1. The molecule has 0 atom stereocenters. The summed E-state index contributed by atoms with van der Waals surface area (Å²) in [5.74, 6) is 0.935. The van der Waals surface area contributed by atoms with E-state index in [9.17, 15) is 0 Å². The summed E-state index contributed by atoms with van der Waals surface area (Å²) in [5, 5.41) is 0. The first-order chi connectivity index (χ1) is 11.7. The molecule has 1 fully saturated rings. The fourth-order valence-corrected chi connectivity index (χ4v) is 3.28. The summed E-state index contributed by atoms with van der Waals surface area (Å²) in [6, 6.07) is 19.5. The normalized spacial score (nSPS) is 16.5. The highest BCUT2D eigenvalue weighted by Gasteiger charge is 2.20. The second-order valence-corrected chi connectivity index (χ2v) is 6.87. The van der Waals surface area contributed by atoms with Gasteiger partial charge in [0.25, 0.3) is 0 Å². The number of likely N-dealkylation sites (tertiary alicyclic amines) is 1. The van der Waals surface area contributed by atoms with Crippen molar-refractivity contribution in [3.05, 3.63) is 65.7 Å². The van der Waals surface area contributed by atoms with Crippen LogP contribution in [0.1, 0.15) is 24.0 Å². The molecule has 2 aromatic carbocycles. The lowest BCUT2D eigenvalue weighted by molar-refractivity contribution is 0.139. The van der Waals surface area contributed by atoms with Crippen molar-refractivity contribution in [2.45, 2.75) is 32.0 Å². The summed E-state index contributed by atoms with van der Waals surface area (Å²) in [6.07, 6.45) is 2.54. The molecule has 0 amide bonds. The molecule has 0 saturated carbocycles. The lowest BCUT2D eigenvalue weighted by Gasteiger charge is -2.35. The van der Waals surface area contributed by atoms with Gasteiger partial charge in [-0.1, -0.05) is 42.5 Å². The molecule has 3 nitrogen and oxygen atoms in total. The van der Waals surface area contributed by atoms with E-state index in [1.54, 1.807) is 0 Å². The Hall–Kier alpha value is -1.84. The Kier molecular flexibility index (Phi) is 5.89. The highest BCUT2D eigenvalue weighted by atomic mass is 16.5. The fraction of sp³-hybridized carbons (Fsp3) is 0.429. The van der Waals surface area contributed by atoms with Crippen molar-refractivity contribution in [2.24, 2.45) is 0 Å². The lowest BCUT2D eigenvalue weighted by atomic mass is 10.0. The van der Waals surface area contributed by atoms with Crippen LogP contribution >= 0.6 is 0 Å². The Morgan fingerprint density at radius 2 is 1.62 bits per heavy atom. The smallest absolute Gasteiger partial charge is 0.119 e. The zero-order valence-electron chi connectivity index (χ0n) is 14.8. The first-order valence-electron chi connectivity index (χ1n) is 8.85. The first kappa shape index (κ1) is 17.0. The van der Waals surface area contributed by atoms with E-state index >= 15 is 0 Å². The van der Waals surface area contributed by atoms with E-state index < -0.39 is 0 Å². The molecule has 0 radical (unpaired) electrons. The second kappa shape index (κ2) is 8.32. The summed E-state index contributed by atoms with van der Waals surface area (Å²) < 4.78 is 5.86. The number of rotatable bonds is 6. The zero-order chi connectivity index (χ0) is 16.8. The maximum Gasteiger partial charge on any atom is 0.119 e. The zero-order valence-corrected chi connectivity index (χ0v) is 14.8. The Labute approximate surface area is 145 Å². The quantitative estimate of drug-likeness (QED) is 0.804.